The minimum absolute atomic E-state index is 0.00804. The number of amidine groups is 1. The van der Waals surface area contributed by atoms with E-state index in [1.54, 1.807) is 12.1 Å². The molecule has 4 aliphatic rings. The SMILES string of the molecule is N#Cc1ccc(C(F)(F)F)cc1Oc1ccc(C23CCC(CC2)N2CCS(O)(O)N=C23)cc1. The molecule has 174 valence electrons. The van der Waals surface area contributed by atoms with Crippen molar-refractivity contribution in [1.29, 1.82) is 5.26 Å². The van der Waals surface area contributed by atoms with E-state index in [-0.39, 0.29) is 17.1 Å². The van der Waals surface area contributed by atoms with Gasteiger partial charge in [0.05, 0.1) is 22.3 Å². The highest BCUT2D eigenvalue weighted by Gasteiger charge is 2.52. The zero-order valence-electron chi connectivity index (χ0n) is 17.5. The van der Waals surface area contributed by atoms with E-state index in [1.165, 1.54) is 0 Å². The molecule has 2 saturated heterocycles. The summed E-state index contributed by atoms with van der Waals surface area (Å²) in [6.07, 6.45) is -0.875. The lowest BCUT2D eigenvalue weighted by Gasteiger charge is -2.57. The van der Waals surface area contributed by atoms with Crippen LogP contribution < -0.4 is 4.74 Å². The Balaban J connectivity index is 1.46. The average molecular weight is 478 g/mol. The van der Waals surface area contributed by atoms with Crippen LogP contribution in [0, 0.1) is 11.3 Å². The van der Waals surface area contributed by atoms with E-state index in [9.17, 15) is 27.5 Å². The molecule has 0 radical (unpaired) electrons. The monoisotopic (exact) mass is 477 g/mol. The number of fused-ring (bicyclic) bond motifs is 2. The van der Waals surface area contributed by atoms with Gasteiger partial charge in [-0.1, -0.05) is 22.9 Å². The molecule has 0 unspecified atom stereocenters. The second-order valence-electron chi connectivity index (χ2n) is 8.70. The number of ether oxygens (including phenoxy) is 1. The first kappa shape index (κ1) is 22.1. The molecule has 3 aliphatic heterocycles. The van der Waals surface area contributed by atoms with E-state index in [2.05, 4.69) is 9.30 Å². The quantitative estimate of drug-likeness (QED) is 0.571. The third-order valence-corrected chi connectivity index (χ3v) is 8.05. The molecule has 2 aromatic rings. The Hall–Kier alpha value is -2.74. The molecule has 3 heterocycles. The lowest BCUT2D eigenvalue weighted by Crippen LogP contribution is -2.62. The number of hydrogen-bond donors (Lipinski definition) is 2. The topological polar surface area (TPSA) is 89.1 Å². The van der Waals surface area contributed by atoms with Crippen molar-refractivity contribution in [2.45, 2.75) is 43.3 Å². The van der Waals surface area contributed by atoms with Gasteiger partial charge in [0.1, 0.15) is 23.4 Å². The Morgan fingerprint density at radius 3 is 2.45 bits per heavy atom. The van der Waals surface area contributed by atoms with Crippen molar-refractivity contribution in [3.8, 4) is 17.6 Å². The summed E-state index contributed by atoms with van der Waals surface area (Å²) in [5.74, 6) is 1.12. The fourth-order valence-electron chi connectivity index (χ4n) is 5.17. The van der Waals surface area contributed by atoms with Crippen LogP contribution >= 0.6 is 10.8 Å². The predicted molar refractivity (Wildman–Crippen MR) is 118 cm³/mol. The number of nitrogens with zero attached hydrogens (tertiary/aromatic N) is 3. The van der Waals surface area contributed by atoms with Gasteiger partial charge in [0.2, 0.25) is 0 Å². The minimum atomic E-state index is -4.54. The number of halogens is 3. The number of hydrogen-bond acceptors (Lipinski definition) is 6. The number of piperidine rings is 2. The van der Waals surface area contributed by atoms with Crippen LogP contribution in [0.4, 0.5) is 13.2 Å². The first-order chi connectivity index (χ1) is 15.6. The number of alkyl halides is 3. The third kappa shape index (κ3) is 3.84. The van der Waals surface area contributed by atoms with Crippen LogP contribution in [0.25, 0.3) is 0 Å². The smallest absolute Gasteiger partial charge is 0.416 e. The Morgan fingerprint density at radius 1 is 1.12 bits per heavy atom. The molecule has 1 saturated carbocycles. The van der Waals surface area contributed by atoms with Gasteiger partial charge >= 0.3 is 6.18 Å². The Bertz CT molecular complexity index is 1150. The average Bonchev–Trinajstić information content (AvgIpc) is 2.79. The van der Waals surface area contributed by atoms with E-state index in [0.29, 0.717) is 18.3 Å². The van der Waals surface area contributed by atoms with Gasteiger partial charge in [0.15, 0.2) is 0 Å². The maximum absolute atomic E-state index is 13.1. The lowest BCUT2D eigenvalue weighted by atomic mass is 9.63. The molecule has 2 bridgehead atoms. The molecular weight excluding hydrogens is 455 g/mol. The van der Waals surface area contributed by atoms with Crippen LogP contribution in [0.2, 0.25) is 0 Å². The van der Waals surface area contributed by atoms with Crippen molar-refractivity contribution in [3.05, 3.63) is 59.2 Å². The zero-order chi connectivity index (χ0) is 23.4. The van der Waals surface area contributed by atoms with E-state index in [4.69, 9.17) is 4.74 Å². The molecule has 2 aromatic carbocycles. The van der Waals surface area contributed by atoms with Crippen LogP contribution in [-0.4, -0.2) is 38.2 Å². The Morgan fingerprint density at radius 2 is 1.82 bits per heavy atom. The van der Waals surface area contributed by atoms with E-state index >= 15 is 0 Å². The standard InChI is InChI=1S/C23H22F3N3O3S/c24-23(25,26)17-2-1-15(14-27)20(13-17)32-19-5-3-16(4-6-19)22-9-7-18(8-10-22)29-11-12-33(30,31)28-21(22)29/h1-6,13,18,30-31H,7-12H2. The Kier molecular flexibility index (Phi) is 5.12. The largest absolute Gasteiger partial charge is 0.456 e. The van der Waals surface area contributed by atoms with E-state index < -0.39 is 27.9 Å². The summed E-state index contributed by atoms with van der Waals surface area (Å²) < 4.78 is 69.8. The van der Waals surface area contributed by atoms with Crippen LogP contribution in [0.3, 0.4) is 0 Å². The molecule has 0 spiro atoms. The van der Waals surface area contributed by atoms with E-state index in [1.807, 2.05) is 18.2 Å². The van der Waals surface area contributed by atoms with Crippen LogP contribution in [0.15, 0.2) is 46.9 Å². The van der Waals surface area contributed by atoms with Gasteiger partial charge in [0.25, 0.3) is 0 Å². The lowest BCUT2D eigenvalue weighted by molar-refractivity contribution is -0.137. The fraction of sp³-hybridized carbons (Fsp3) is 0.391. The normalized spacial score (nSPS) is 26.7. The van der Waals surface area contributed by atoms with Crippen LogP contribution in [0.5, 0.6) is 11.5 Å². The van der Waals surface area contributed by atoms with Gasteiger partial charge in [-0.15, -0.1) is 4.40 Å². The molecule has 33 heavy (non-hydrogen) atoms. The summed E-state index contributed by atoms with van der Waals surface area (Å²) >= 11 is 0. The number of rotatable bonds is 3. The second kappa shape index (κ2) is 7.65. The molecular formula is C23H22F3N3O3S. The molecule has 2 N–H and O–H groups in total. The van der Waals surface area contributed by atoms with Crippen molar-refractivity contribution in [3.63, 3.8) is 0 Å². The molecule has 0 atom stereocenters. The molecule has 1 aliphatic carbocycles. The second-order valence-corrected chi connectivity index (χ2v) is 10.6. The number of benzene rings is 2. The molecule has 6 nitrogen and oxygen atoms in total. The van der Waals surface area contributed by atoms with Crippen molar-refractivity contribution in [1.82, 2.24) is 4.90 Å². The van der Waals surface area contributed by atoms with E-state index in [0.717, 1.165) is 55.3 Å². The van der Waals surface area contributed by atoms with Crippen molar-refractivity contribution < 1.29 is 27.0 Å². The zero-order valence-corrected chi connectivity index (χ0v) is 18.4. The highest BCUT2D eigenvalue weighted by atomic mass is 32.3. The highest BCUT2D eigenvalue weighted by molar-refractivity contribution is 8.23. The fourth-order valence-corrected chi connectivity index (χ4v) is 6.26. The maximum Gasteiger partial charge on any atom is 0.416 e. The summed E-state index contributed by atoms with van der Waals surface area (Å²) in [7, 11) is -3.00. The molecule has 0 aromatic heterocycles. The summed E-state index contributed by atoms with van der Waals surface area (Å²) in [5, 5.41) is 9.26. The minimum Gasteiger partial charge on any atom is -0.456 e. The third-order valence-electron chi connectivity index (χ3n) is 6.85. The summed E-state index contributed by atoms with van der Waals surface area (Å²) in [4.78, 5) is 2.21. The first-order valence-corrected chi connectivity index (χ1v) is 12.3. The molecule has 0 amide bonds. The van der Waals surface area contributed by atoms with Gasteiger partial charge in [-0.25, -0.2) is 0 Å². The van der Waals surface area contributed by atoms with Gasteiger partial charge < -0.3 is 9.64 Å². The van der Waals surface area contributed by atoms with Crippen LogP contribution in [-0.2, 0) is 11.6 Å². The predicted octanol–water partition coefficient (Wildman–Crippen LogP) is 5.94. The van der Waals surface area contributed by atoms with Crippen molar-refractivity contribution in [2.75, 3.05) is 12.3 Å². The highest BCUT2D eigenvalue weighted by Crippen LogP contribution is 2.54. The molecule has 10 heteroatoms. The van der Waals surface area contributed by atoms with Crippen LogP contribution in [0.1, 0.15) is 42.4 Å². The van der Waals surface area contributed by atoms with Crippen molar-refractivity contribution >= 4 is 16.6 Å². The maximum atomic E-state index is 13.1. The first-order valence-electron chi connectivity index (χ1n) is 10.6. The molecule has 3 fully saturated rings. The molecule has 6 rings (SSSR count). The summed E-state index contributed by atoms with van der Waals surface area (Å²) in [5.41, 5.74) is -0.349. The summed E-state index contributed by atoms with van der Waals surface area (Å²) in [6, 6.07) is 12.0. The Labute approximate surface area is 190 Å². The van der Waals surface area contributed by atoms with Gasteiger partial charge in [0, 0.05) is 12.6 Å². The van der Waals surface area contributed by atoms with Gasteiger partial charge in [-0.3, -0.25) is 9.11 Å². The number of nitriles is 1. The van der Waals surface area contributed by atoms with Gasteiger partial charge in [-0.2, -0.15) is 18.4 Å². The van der Waals surface area contributed by atoms with Gasteiger partial charge in [-0.05, 0) is 61.6 Å². The summed E-state index contributed by atoms with van der Waals surface area (Å²) in [6.45, 7) is 0.571. The van der Waals surface area contributed by atoms with Crippen molar-refractivity contribution in [2.24, 2.45) is 4.40 Å².